The predicted molar refractivity (Wildman–Crippen MR) is 127 cm³/mol. The van der Waals surface area contributed by atoms with Crippen LogP contribution in [-0.2, 0) is 0 Å². The van der Waals surface area contributed by atoms with Crippen LogP contribution in [0.25, 0.3) is 28.3 Å². The van der Waals surface area contributed by atoms with Crippen molar-refractivity contribution in [3.8, 4) is 22.3 Å². The minimum absolute atomic E-state index is 0.455. The topological polar surface area (TPSA) is 0 Å². The van der Waals surface area contributed by atoms with Crippen LogP contribution in [0.2, 0.25) is 0 Å². The van der Waals surface area contributed by atoms with Crippen molar-refractivity contribution >= 4 is 6.08 Å². The van der Waals surface area contributed by atoms with Gasteiger partial charge in [0.2, 0.25) is 0 Å². The fraction of sp³-hybridized carbons (Fsp3) is 0.133. The maximum Gasteiger partial charge on any atom is 0.0102 e. The second kappa shape index (κ2) is 6.85. The van der Waals surface area contributed by atoms with E-state index >= 15 is 0 Å². The van der Waals surface area contributed by atoms with Crippen LogP contribution in [0.15, 0.2) is 97.6 Å². The maximum absolute atomic E-state index is 3.99. The van der Waals surface area contributed by atoms with Crippen LogP contribution in [0, 0.1) is 0 Å². The molecule has 0 amide bonds. The van der Waals surface area contributed by atoms with Gasteiger partial charge >= 0.3 is 0 Å². The Bertz CT molecular complexity index is 1230. The zero-order chi connectivity index (χ0) is 20.1. The van der Waals surface area contributed by atoms with E-state index < -0.39 is 0 Å². The molecule has 0 saturated heterocycles. The number of fused-ring (bicyclic) bond motifs is 6. The molecule has 144 valence electrons. The van der Waals surface area contributed by atoms with E-state index in [-0.39, 0.29) is 0 Å². The lowest BCUT2D eigenvalue weighted by molar-refractivity contribution is 0.626. The summed E-state index contributed by atoms with van der Waals surface area (Å²) >= 11 is 0. The number of hydrogen-bond acceptors (Lipinski definition) is 0. The fourth-order valence-electron chi connectivity index (χ4n) is 5.67. The first-order valence-electron chi connectivity index (χ1n) is 10.9. The van der Waals surface area contributed by atoms with E-state index in [0.717, 1.165) is 12.8 Å². The second-order valence-corrected chi connectivity index (χ2v) is 8.50. The Balaban J connectivity index is 1.39. The first kappa shape index (κ1) is 17.5. The standard InChI is InChI=1S/C30H24/c1-2-20-15-16-28-25-13-7-8-14-26(25)29(30(28)19-20)18-17-27-23-11-5-3-9-21(23)22-10-4-6-12-24(22)27/h2-16,19,27,29H,1,17-18H2. The summed E-state index contributed by atoms with van der Waals surface area (Å²) in [5.41, 5.74) is 12.8. The zero-order valence-electron chi connectivity index (χ0n) is 17.0. The first-order valence-corrected chi connectivity index (χ1v) is 10.9. The smallest absolute Gasteiger partial charge is 0.0102 e. The molecule has 0 aliphatic heterocycles. The molecule has 4 aromatic rings. The molecule has 4 aromatic carbocycles. The van der Waals surface area contributed by atoms with Crippen molar-refractivity contribution in [1.29, 1.82) is 0 Å². The molecule has 0 radical (unpaired) electrons. The van der Waals surface area contributed by atoms with Crippen LogP contribution in [0.4, 0.5) is 0 Å². The number of benzene rings is 4. The summed E-state index contributed by atoms with van der Waals surface area (Å²) in [5.74, 6) is 0.937. The van der Waals surface area contributed by atoms with Crippen LogP contribution in [-0.4, -0.2) is 0 Å². The second-order valence-electron chi connectivity index (χ2n) is 8.50. The van der Waals surface area contributed by atoms with Gasteiger partial charge in [0.25, 0.3) is 0 Å². The van der Waals surface area contributed by atoms with Crippen molar-refractivity contribution in [3.05, 3.63) is 125 Å². The largest absolute Gasteiger partial charge is 0.0985 e. The van der Waals surface area contributed by atoms with Crippen LogP contribution >= 0.6 is 0 Å². The van der Waals surface area contributed by atoms with Gasteiger partial charge in [-0.05, 0) is 62.9 Å². The van der Waals surface area contributed by atoms with Crippen molar-refractivity contribution in [1.82, 2.24) is 0 Å². The normalized spacial score (nSPS) is 15.9. The van der Waals surface area contributed by atoms with Gasteiger partial charge in [-0.3, -0.25) is 0 Å². The van der Waals surface area contributed by atoms with Crippen LogP contribution in [0.1, 0.15) is 52.5 Å². The van der Waals surface area contributed by atoms with Gasteiger partial charge in [0.1, 0.15) is 0 Å². The monoisotopic (exact) mass is 384 g/mol. The van der Waals surface area contributed by atoms with Gasteiger partial charge in [-0.2, -0.15) is 0 Å². The van der Waals surface area contributed by atoms with E-state index in [9.17, 15) is 0 Å². The molecule has 0 heteroatoms. The van der Waals surface area contributed by atoms with Gasteiger partial charge in [-0.1, -0.05) is 104 Å². The lowest BCUT2D eigenvalue weighted by Crippen LogP contribution is -2.03. The van der Waals surface area contributed by atoms with E-state index in [1.165, 1.54) is 50.1 Å². The average Bonchev–Trinajstić information content (AvgIpc) is 3.30. The molecule has 2 aliphatic carbocycles. The molecule has 0 fully saturated rings. The first-order chi connectivity index (χ1) is 14.8. The molecule has 1 atom stereocenters. The van der Waals surface area contributed by atoms with Gasteiger partial charge in [0.15, 0.2) is 0 Å². The molecule has 0 saturated carbocycles. The Morgan fingerprint density at radius 3 is 1.47 bits per heavy atom. The summed E-state index contributed by atoms with van der Waals surface area (Å²) < 4.78 is 0. The Morgan fingerprint density at radius 2 is 0.967 bits per heavy atom. The number of hydrogen-bond donors (Lipinski definition) is 0. The van der Waals surface area contributed by atoms with Crippen molar-refractivity contribution in [3.63, 3.8) is 0 Å². The minimum Gasteiger partial charge on any atom is -0.0985 e. The van der Waals surface area contributed by atoms with Gasteiger partial charge in [0, 0.05) is 11.8 Å². The highest BCUT2D eigenvalue weighted by atomic mass is 14.4. The summed E-state index contributed by atoms with van der Waals surface area (Å²) in [6, 6.07) is 33.7. The zero-order valence-corrected chi connectivity index (χ0v) is 17.0. The third kappa shape index (κ3) is 2.53. The number of rotatable bonds is 4. The summed E-state index contributed by atoms with van der Waals surface area (Å²) in [5, 5.41) is 0. The third-order valence-corrected chi connectivity index (χ3v) is 7.02. The SMILES string of the molecule is C=Cc1ccc2c(c1)C(CCC1c3ccccc3-c3ccccc31)c1ccccc1-2. The summed E-state index contributed by atoms with van der Waals surface area (Å²) in [4.78, 5) is 0. The lowest BCUT2D eigenvalue weighted by atomic mass is 9.85. The Morgan fingerprint density at radius 1 is 0.533 bits per heavy atom. The van der Waals surface area contributed by atoms with Crippen LogP contribution < -0.4 is 0 Å². The molecule has 1 unspecified atom stereocenters. The van der Waals surface area contributed by atoms with E-state index in [0.29, 0.717) is 11.8 Å². The van der Waals surface area contributed by atoms with Crippen molar-refractivity contribution in [2.75, 3.05) is 0 Å². The molecule has 2 aliphatic rings. The van der Waals surface area contributed by atoms with Gasteiger partial charge in [0.05, 0.1) is 0 Å². The van der Waals surface area contributed by atoms with Gasteiger partial charge in [-0.25, -0.2) is 0 Å². The highest BCUT2D eigenvalue weighted by Gasteiger charge is 2.32. The molecule has 30 heavy (non-hydrogen) atoms. The van der Waals surface area contributed by atoms with Crippen molar-refractivity contribution in [2.24, 2.45) is 0 Å². The predicted octanol–water partition coefficient (Wildman–Crippen LogP) is 8.03. The highest BCUT2D eigenvalue weighted by molar-refractivity contribution is 5.81. The van der Waals surface area contributed by atoms with Crippen molar-refractivity contribution < 1.29 is 0 Å². The Labute approximate surface area is 178 Å². The molecule has 0 heterocycles. The van der Waals surface area contributed by atoms with Crippen molar-refractivity contribution in [2.45, 2.75) is 24.7 Å². The average molecular weight is 385 g/mol. The summed E-state index contributed by atoms with van der Waals surface area (Å²) in [6.45, 7) is 3.99. The fourth-order valence-corrected chi connectivity index (χ4v) is 5.67. The van der Waals surface area contributed by atoms with E-state index in [1.54, 1.807) is 0 Å². The third-order valence-electron chi connectivity index (χ3n) is 7.02. The lowest BCUT2D eigenvalue weighted by Gasteiger charge is -2.19. The summed E-state index contributed by atoms with van der Waals surface area (Å²) in [6.07, 6.45) is 4.27. The quantitative estimate of drug-likeness (QED) is 0.334. The molecular formula is C30H24. The Hall–Kier alpha value is -3.38. The molecule has 0 bridgehead atoms. The molecule has 0 nitrogen and oxygen atoms in total. The molecule has 0 N–H and O–H groups in total. The van der Waals surface area contributed by atoms with E-state index in [1.807, 2.05) is 6.08 Å². The minimum atomic E-state index is 0.455. The summed E-state index contributed by atoms with van der Waals surface area (Å²) in [7, 11) is 0. The Kier molecular flexibility index (Phi) is 3.99. The van der Waals surface area contributed by atoms with E-state index in [4.69, 9.17) is 0 Å². The maximum atomic E-state index is 3.99. The highest BCUT2D eigenvalue weighted by Crippen LogP contribution is 2.51. The van der Waals surface area contributed by atoms with Gasteiger partial charge in [-0.15, -0.1) is 0 Å². The van der Waals surface area contributed by atoms with Crippen LogP contribution in [0.5, 0.6) is 0 Å². The molecule has 0 aromatic heterocycles. The van der Waals surface area contributed by atoms with Gasteiger partial charge < -0.3 is 0 Å². The molecule has 0 spiro atoms. The molecular weight excluding hydrogens is 360 g/mol. The van der Waals surface area contributed by atoms with Crippen LogP contribution in [0.3, 0.4) is 0 Å². The van der Waals surface area contributed by atoms with E-state index in [2.05, 4.69) is 97.6 Å². The molecule has 6 rings (SSSR count).